The molecule has 0 radical (unpaired) electrons. The van der Waals surface area contributed by atoms with Crippen LogP contribution in [0.2, 0.25) is 0 Å². The second-order valence-electron chi connectivity index (χ2n) is 5.54. The van der Waals surface area contributed by atoms with Crippen molar-refractivity contribution in [3.05, 3.63) is 21.0 Å². The predicted molar refractivity (Wildman–Crippen MR) is 77.7 cm³/mol. The molecule has 0 aromatic heterocycles. The van der Waals surface area contributed by atoms with Crippen molar-refractivity contribution in [2.45, 2.75) is 53.9 Å². The minimum absolute atomic E-state index is 0. The number of rotatable bonds is 3. The average Bonchev–Trinajstić information content (AvgIpc) is 2.53. The van der Waals surface area contributed by atoms with Gasteiger partial charge in [-0.3, -0.25) is 0 Å². The van der Waals surface area contributed by atoms with E-state index in [1.165, 1.54) is 19.3 Å². The van der Waals surface area contributed by atoms with Gasteiger partial charge in [-0.05, 0) is 0 Å². The molecule has 0 aromatic rings. The van der Waals surface area contributed by atoms with E-state index in [-0.39, 0.29) is 24.8 Å². The Morgan fingerprint density at radius 1 is 1.12 bits per heavy atom. The van der Waals surface area contributed by atoms with Crippen molar-refractivity contribution in [1.29, 1.82) is 0 Å². The Bertz CT molecular complexity index is 294. The molecule has 0 aromatic carbocycles. The molecule has 1 aliphatic carbocycles. The Labute approximate surface area is 134 Å². The maximum atomic E-state index is 2.39. The first-order valence-electron chi connectivity index (χ1n) is 6.01. The standard InChI is InChI=1S/C14H23.2ClH.Zr/c1-6-14(7-2,13(3,4)5)12-10-8-9-11-12;;;/h8,10H,6-7,9H2,1-5H3;2*1H;. The van der Waals surface area contributed by atoms with Gasteiger partial charge in [-0.25, -0.2) is 0 Å². The van der Waals surface area contributed by atoms with Gasteiger partial charge < -0.3 is 0 Å². The van der Waals surface area contributed by atoms with E-state index < -0.39 is 0 Å². The van der Waals surface area contributed by atoms with Gasteiger partial charge in [-0.1, -0.05) is 0 Å². The van der Waals surface area contributed by atoms with Crippen LogP contribution in [0.25, 0.3) is 0 Å². The summed E-state index contributed by atoms with van der Waals surface area (Å²) in [6, 6.07) is 0. The number of halogens is 2. The van der Waals surface area contributed by atoms with Crippen LogP contribution < -0.4 is 0 Å². The molecule has 0 fully saturated rings. The van der Waals surface area contributed by atoms with Gasteiger partial charge in [0, 0.05) is 0 Å². The maximum Gasteiger partial charge on any atom is -0.147 e. The summed E-state index contributed by atoms with van der Waals surface area (Å²) in [6.45, 7) is 11.9. The minimum Gasteiger partial charge on any atom is -0.147 e. The first-order chi connectivity index (χ1) is 6.89. The molecule has 0 amide bonds. The second-order valence-corrected chi connectivity index (χ2v) is 7.02. The molecule has 0 unspecified atom stereocenters. The molecule has 1 rings (SSSR count). The van der Waals surface area contributed by atoms with Gasteiger partial charge in [0.1, 0.15) is 0 Å². The van der Waals surface area contributed by atoms with Crippen molar-refractivity contribution in [1.82, 2.24) is 0 Å². The molecule has 0 atom stereocenters. The molecule has 0 saturated carbocycles. The van der Waals surface area contributed by atoms with E-state index in [1.807, 2.05) is 0 Å². The largest absolute Gasteiger partial charge is 0.147 e. The number of hydrogen-bond donors (Lipinski definition) is 0. The van der Waals surface area contributed by atoms with Crippen LogP contribution in [-0.4, -0.2) is 0 Å². The maximum absolute atomic E-state index is 2.39. The average molecular weight is 355 g/mol. The van der Waals surface area contributed by atoms with Crippen LogP contribution in [0.5, 0.6) is 0 Å². The summed E-state index contributed by atoms with van der Waals surface area (Å²) in [6.07, 6.45) is 8.44. The quantitative estimate of drug-likeness (QED) is 0.632. The third-order valence-corrected chi connectivity index (χ3v) is 5.25. The van der Waals surface area contributed by atoms with E-state index in [2.05, 4.69) is 46.8 Å². The molecule has 99 valence electrons. The van der Waals surface area contributed by atoms with Crippen molar-refractivity contribution < 1.29 is 24.7 Å². The summed E-state index contributed by atoms with van der Waals surface area (Å²) >= 11 is 1.60. The molecule has 0 saturated heterocycles. The Morgan fingerprint density at radius 3 is 1.82 bits per heavy atom. The van der Waals surface area contributed by atoms with Crippen molar-refractivity contribution in [3.8, 4) is 0 Å². The van der Waals surface area contributed by atoms with Gasteiger partial charge in [0.25, 0.3) is 0 Å². The smallest absolute Gasteiger partial charge is 0.147 e. The normalized spacial score (nSPS) is 15.5. The van der Waals surface area contributed by atoms with Crippen molar-refractivity contribution in [2.24, 2.45) is 10.8 Å². The zero-order chi connectivity index (χ0) is 11.7. The molecule has 17 heavy (non-hydrogen) atoms. The Morgan fingerprint density at radius 2 is 1.59 bits per heavy atom. The first kappa shape index (κ1) is 20.3. The van der Waals surface area contributed by atoms with E-state index >= 15 is 0 Å². The molecule has 0 aliphatic heterocycles. The number of hydrogen-bond acceptors (Lipinski definition) is 0. The van der Waals surface area contributed by atoms with Crippen LogP contribution >= 0.6 is 24.8 Å². The van der Waals surface area contributed by atoms with Crippen LogP contribution in [0.1, 0.15) is 53.9 Å². The first-order valence-corrected chi connectivity index (χ1v) is 7.23. The van der Waals surface area contributed by atoms with Crippen molar-refractivity contribution in [2.75, 3.05) is 0 Å². The van der Waals surface area contributed by atoms with Crippen LogP contribution in [0.3, 0.4) is 0 Å². The van der Waals surface area contributed by atoms with Gasteiger partial charge in [0.05, 0.1) is 0 Å². The Balaban J connectivity index is 0. The summed E-state index contributed by atoms with van der Waals surface area (Å²) < 4.78 is 1.67. The zero-order valence-corrected chi connectivity index (χ0v) is 15.7. The van der Waals surface area contributed by atoms with Crippen LogP contribution in [0, 0.1) is 10.8 Å². The summed E-state index contributed by atoms with van der Waals surface area (Å²) in [5.41, 5.74) is 2.40. The van der Waals surface area contributed by atoms with E-state index in [4.69, 9.17) is 0 Å². The summed E-state index contributed by atoms with van der Waals surface area (Å²) in [7, 11) is 0. The molecule has 3 heteroatoms. The van der Waals surface area contributed by atoms with Gasteiger partial charge in [0.2, 0.25) is 0 Å². The van der Waals surface area contributed by atoms with Crippen molar-refractivity contribution in [3.63, 3.8) is 0 Å². The van der Waals surface area contributed by atoms with Crippen LogP contribution in [0.4, 0.5) is 0 Å². The van der Waals surface area contributed by atoms with E-state index in [0.717, 1.165) is 0 Å². The predicted octanol–water partition coefficient (Wildman–Crippen LogP) is 5.44. The molecule has 0 heterocycles. The summed E-state index contributed by atoms with van der Waals surface area (Å²) in [4.78, 5) is 0. The Hall–Kier alpha value is 0.943. The van der Waals surface area contributed by atoms with Gasteiger partial charge in [0.15, 0.2) is 0 Å². The monoisotopic (exact) mass is 353 g/mol. The van der Waals surface area contributed by atoms with Gasteiger partial charge >= 0.3 is 110 Å². The Kier molecular flexibility index (Phi) is 8.96. The third-order valence-electron chi connectivity index (χ3n) is 4.09. The molecular formula is C14H25Cl2Zr. The fourth-order valence-corrected chi connectivity index (χ4v) is 4.13. The second kappa shape index (κ2) is 7.51. The summed E-state index contributed by atoms with van der Waals surface area (Å²) in [5, 5.41) is 0. The zero-order valence-electron chi connectivity index (χ0n) is 11.6. The van der Waals surface area contributed by atoms with Gasteiger partial charge in [-0.2, -0.15) is 0 Å². The fourth-order valence-electron chi connectivity index (χ4n) is 3.05. The fraction of sp³-hybridized carbons (Fsp3) is 0.714. The van der Waals surface area contributed by atoms with E-state index in [9.17, 15) is 0 Å². The molecule has 0 spiro atoms. The topological polar surface area (TPSA) is 0 Å². The molecule has 0 nitrogen and oxygen atoms in total. The molecule has 0 N–H and O–H groups in total. The SMILES string of the molecule is CCC(CC)(C1=[C]([Zr])CC=C1)C(C)(C)C.Cl.Cl. The van der Waals surface area contributed by atoms with E-state index in [0.29, 0.717) is 10.8 Å². The molecule has 0 bridgehead atoms. The minimum atomic E-state index is 0. The van der Waals surface area contributed by atoms with Crippen LogP contribution in [0.15, 0.2) is 21.0 Å². The van der Waals surface area contributed by atoms with Crippen molar-refractivity contribution >= 4 is 24.8 Å². The summed E-state index contributed by atoms with van der Waals surface area (Å²) in [5.74, 6) is 0. The molecule has 1 aliphatic rings. The third kappa shape index (κ3) is 3.71. The molecular weight excluding hydrogens is 330 g/mol. The van der Waals surface area contributed by atoms with Gasteiger partial charge in [-0.15, -0.1) is 24.8 Å². The van der Waals surface area contributed by atoms with Crippen LogP contribution in [-0.2, 0) is 24.7 Å². The number of allylic oxidation sites excluding steroid dienone is 4. The van der Waals surface area contributed by atoms with E-state index in [1.54, 1.807) is 33.6 Å².